The molecular formula is C38H37F8N7O2. The number of nitrogens with two attached hydrogens (primary N) is 1. The number of pyridine rings is 1. The number of rotatable bonds is 11. The summed E-state index contributed by atoms with van der Waals surface area (Å²) < 4.78 is 114. The Hall–Kier alpha value is -5.50. The number of carbonyl (C=O) groups excluding carboxylic acids is 1. The van der Waals surface area contributed by atoms with Crippen molar-refractivity contribution < 1.29 is 45.0 Å². The number of hydrogen-bond donors (Lipinski definition) is 4. The molecule has 0 aliphatic heterocycles. The molecular weight excluding hydrogens is 738 g/mol. The molecule has 0 saturated heterocycles. The minimum atomic E-state index is -3.67. The molecule has 4 aromatic rings. The second-order valence-electron chi connectivity index (χ2n) is 13.6. The first kappa shape index (κ1) is 40.7. The number of para-hydroxylation sites is 1. The number of alkyl halides is 6. The molecule has 1 aliphatic rings. The van der Waals surface area contributed by atoms with Gasteiger partial charge in [0.25, 0.3) is 18.8 Å². The van der Waals surface area contributed by atoms with Gasteiger partial charge >= 0.3 is 0 Å². The first-order chi connectivity index (χ1) is 25.7. The maximum Gasteiger partial charge on any atom is 0.290 e. The number of hydrogen-bond acceptors (Lipinski definition) is 7. The zero-order valence-electron chi connectivity index (χ0n) is 30.0. The lowest BCUT2D eigenvalue weighted by Gasteiger charge is -2.22. The highest BCUT2D eigenvalue weighted by molar-refractivity contribution is 6.09. The summed E-state index contributed by atoms with van der Waals surface area (Å²) in [6.45, 7) is 2.50. The molecule has 0 radical (unpaired) electrons. The van der Waals surface area contributed by atoms with Crippen LogP contribution in [-0.4, -0.2) is 69.0 Å². The van der Waals surface area contributed by atoms with Crippen LogP contribution in [-0.2, 0) is 18.3 Å². The fraction of sp³-hybridized carbons (Fsp3) is 0.368. The van der Waals surface area contributed by atoms with Crippen molar-refractivity contribution in [2.24, 2.45) is 23.7 Å². The zero-order chi connectivity index (χ0) is 40.4. The highest BCUT2D eigenvalue weighted by Gasteiger charge is 2.49. The van der Waals surface area contributed by atoms with Crippen LogP contribution in [0.5, 0.6) is 0 Å². The number of amides is 1. The van der Waals surface area contributed by atoms with Crippen molar-refractivity contribution in [2.45, 2.75) is 64.0 Å². The number of benzene rings is 2. The van der Waals surface area contributed by atoms with Gasteiger partial charge in [-0.2, -0.15) is 13.9 Å². The number of nitrogens with one attached hydrogen (secondary N) is 2. The van der Waals surface area contributed by atoms with E-state index in [0.717, 1.165) is 12.1 Å². The Morgan fingerprint density at radius 2 is 1.80 bits per heavy atom. The van der Waals surface area contributed by atoms with Crippen LogP contribution >= 0.6 is 0 Å². The van der Waals surface area contributed by atoms with Crippen LogP contribution in [0.15, 0.2) is 64.8 Å². The minimum Gasteiger partial charge on any atom is -0.397 e. The summed E-state index contributed by atoms with van der Waals surface area (Å²) in [6.07, 6.45) is -7.10. The standard InChI is InChI=1S/C38H37F8N7O2/c1-19-16-38(45,46)34(30(19)31(47)35(43)44)48-18-29(54)51-27(14-20-12-21(39)15-22(40)13-20)32-24(9-8-23(50-32)10-11-37(2,3)55)25-6-5-7-26-33(25)53(4)52-36(26)49-17-28(41)42/h5-9,12-13,15,19,27-28,35,55H,14,16-18,47H2,1-4H3,(H,49,52)(H,51,54)/t19-,27?/m0/s1. The van der Waals surface area contributed by atoms with Crippen LogP contribution in [0, 0.1) is 29.4 Å². The van der Waals surface area contributed by atoms with Gasteiger partial charge in [-0.15, -0.1) is 0 Å². The number of halogens is 8. The van der Waals surface area contributed by atoms with E-state index in [9.17, 15) is 36.2 Å². The van der Waals surface area contributed by atoms with Crippen molar-refractivity contribution in [1.82, 2.24) is 20.1 Å². The average molecular weight is 776 g/mol. The Bertz CT molecular complexity index is 2200. The van der Waals surface area contributed by atoms with Crippen LogP contribution < -0.4 is 16.4 Å². The van der Waals surface area contributed by atoms with Crippen LogP contribution in [0.3, 0.4) is 0 Å². The van der Waals surface area contributed by atoms with Crippen LogP contribution in [0.1, 0.15) is 50.2 Å². The molecule has 1 fully saturated rings. The van der Waals surface area contributed by atoms with E-state index in [1.807, 2.05) is 0 Å². The molecule has 0 bridgehead atoms. The Morgan fingerprint density at radius 3 is 2.44 bits per heavy atom. The summed E-state index contributed by atoms with van der Waals surface area (Å²) in [4.78, 5) is 22.1. The van der Waals surface area contributed by atoms with Gasteiger partial charge in [0.05, 0.1) is 29.5 Å². The Morgan fingerprint density at radius 1 is 1.11 bits per heavy atom. The summed E-state index contributed by atoms with van der Waals surface area (Å²) >= 11 is 0. The number of allylic oxidation sites excluding steroid dienone is 2. The summed E-state index contributed by atoms with van der Waals surface area (Å²) in [7, 11) is 1.58. The van der Waals surface area contributed by atoms with Gasteiger partial charge in [-0.05, 0) is 68.0 Å². The second kappa shape index (κ2) is 16.1. The van der Waals surface area contributed by atoms with E-state index in [1.165, 1.54) is 31.5 Å². The molecule has 1 saturated carbocycles. The van der Waals surface area contributed by atoms with Crippen LogP contribution in [0.25, 0.3) is 22.0 Å². The van der Waals surface area contributed by atoms with E-state index in [0.29, 0.717) is 28.1 Å². The smallest absolute Gasteiger partial charge is 0.290 e. The molecule has 292 valence electrons. The van der Waals surface area contributed by atoms with Crippen molar-refractivity contribution in [3.63, 3.8) is 0 Å². The SMILES string of the molecule is C[C@H]1CC(F)(F)C(=NCC(=O)NC(Cc2cc(F)cc(F)c2)c2nc(C#CC(C)(C)O)ccc2-c2cccc3c(NCC(F)F)nn(C)c23)C1=C(N)C(F)F. The topological polar surface area (TPSA) is 130 Å². The molecule has 1 amide bonds. The molecule has 0 spiro atoms. The average Bonchev–Trinajstić information content (AvgIpc) is 3.53. The fourth-order valence-electron chi connectivity index (χ4n) is 6.44. The number of aliphatic hydroxyl groups is 1. The molecule has 5 N–H and O–H groups in total. The molecule has 5 rings (SSSR count). The van der Waals surface area contributed by atoms with E-state index >= 15 is 8.78 Å². The number of aliphatic imine (C=N–C) groups is 1. The molecule has 1 aliphatic carbocycles. The van der Waals surface area contributed by atoms with Gasteiger partial charge in [-0.25, -0.2) is 31.3 Å². The van der Waals surface area contributed by atoms with Gasteiger partial charge in [0.15, 0.2) is 5.82 Å². The quantitative estimate of drug-likeness (QED) is 0.0991. The molecule has 2 heterocycles. The lowest BCUT2D eigenvalue weighted by atomic mass is 9.93. The summed E-state index contributed by atoms with van der Waals surface area (Å²) in [6, 6.07) is 9.45. The van der Waals surface area contributed by atoms with Crippen molar-refractivity contribution in [1.29, 1.82) is 0 Å². The highest BCUT2D eigenvalue weighted by Crippen LogP contribution is 2.42. The van der Waals surface area contributed by atoms with Crippen molar-refractivity contribution in [3.8, 4) is 23.0 Å². The number of aryl methyl sites for hydroxylation is 1. The molecule has 55 heavy (non-hydrogen) atoms. The van der Waals surface area contributed by atoms with Gasteiger partial charge in [0.2, 0.25) is 5.91 Å². The van der Waals surface area contributed by atoms with Gasteiger partial charge in [-0.1, -0.05) is 25.0 Å². The molecule has 2 atom stereocenters. The highest BCUT2D eigenvalue weighted by atomic mass is 19.3. The summed E-state index contributed by atoms with van der Waals surface area (Å²) in [5.74, 6) is -2.06. The number of fused-ring (bicyclic) bond motifs is 1. The monoisotopic (exact) mass is 775 g/mol. The lowest BCUT2D eigenvalue weighted by Crippen LogP contribution is -2.34. The van der Waals surface area contributed by atoms with Crippen molar-refractivity contribution >= 4 is 28.3 Å². The Labute approximate surface area is 310 Å². The number of nitrogens with zero attached hydrogens (tertiary/aromatic N) is 4. The van der Waals surface area contributed by atoms with E-state index in [1.54, 1.807) is 31.3 Å². The molecule has 2 aromatic carbocycles. The normalized spacial score (nSPS) is 17.8. The van der Waals surface area contributed by atoms with Gasteiger partial charge in [0, 0.05) is 41.6 Å². The number of anilines is 1. The zero-order valence-corrected chi connectivity index (χ0v) is 30.0. The maximum atomic E-state index is 15.0. The van der Waals surface area contributed by atoms with E-state index in [-0.39, 0.29) is 29.2 Å². The van der Waals surface area contributed by atoms with E-state index < -0.39 is 90.4 Å². The lowest BCUT2D eigenvalue weighted by molar-refractivity contribution is -0.120. The predicted molar refractivity (Wildman–Crippen MR) is 191 cm³/mol. The largest absolute Gasteiger partial charge is 0.397 e. The van der Waals surface area contributed by atoms with Crippen LogP contribution in [0.4, 0.5) is 40.9 Å². The number of carbonyl (C=O) groups is 1. The van der Waals surface area contributed by atoms with Crippen LogP contribution in [0.2, 0.25) is 0 Å². The third-order valence-corrected chi connectivity index (χ3v) is 8.61. The van der Waals surface area contributed by atoms with Crippen molar-refractivity contribution in [2.75, 3.05) is 18.4 Å². The molecule has 2 aromatic heterocycles. The van der Waals surface area contributed by atoms with Crippen molar-refractivity contribution in [3.05, 3.63) is 88.4 Å². The third kappa shape index (κ3) is 9.60. The van der Waals surface area contributed by atoms with Gasteiger partial charge in [0.1, 0.15) is 35.2 Å². The minimum absolute atomic E-state index is 0.0538. The summed E-state index contributed by atoms with van der Waals surface area (Å²) in [5.41, 5.74) is 2.78. The first-order valence-electron chi connectivity index (χ1n) is 16.9. The van der Waals surface area contributed by atoms with Gasteiger partial charge < -0.3 is 21.5 Å². The maximum absolute atomic E-state index is 15.0. The number of aromatic nitrogens is 3. The van der Waals surface area contributed by atoms with E-state index in [2.05, 4.69) is 37.5 Å². The third-order valence-electron chi connectivity index (χ3n) is 8.61. The van der Waals surface area contributed by atoms with Gasteiger partial charge in [-0.3, -0.25) is 14.5 Å². The molecule has 9 nitrogen and oxygen atoms in total. The first-order valence-corrected chi connectivity index (χ1v) is 16.9. The molecule has 1 unspecified atom stereocenters. The predicted octanol–water partition coefficient (Wildman–Crippen LogP) is 6.71. The molecule has 17 heteroatoms. The Balaban J connectivity index is 1.67. The fourth-order valence-corrected chi connectivity index (χ4v) is 6.44. The Kier molecular flexibility index (Phi) is 11.9. The summed E-state index contributed by atoms with van der Waals surface area (Å²) in [5, 5.41) is 20.3. The van der Waals surface area contributed by atoms with E-state index in [4.69, 9.17) is 5.73 Å². The second-order valence-corrected chi connectivity index (χ2v) is 13.6.